The molecule has 1 rings (SSSR count). The van der Waals surface area contributed by atoms with E-state index in [0.29, 0.717) is 0 Å². The first-order chi connectivity index (χ1) is 8.36. The summed E-state index contributed by atoms with van der Waals surface area (Å²) in [6.07, 6.45) is 2.08. The zero-order valence-corrected chi connectivity index (χ0v) is 12.7. The molecule has 1 aromatic rings. The van der Waals surface area contributed by atoms with Gasteiger partial charge in [-0.2, -0.15) is 0 Å². The van der Waals surface area contributed by atoms with Crippen molar-refractivity contribution >= 4 is 22.5 Å². The van der Waals surface area contributed by atoms with Gasteiger partial charge in [0.2, 0.25) is 0 Å². The van der Waals surface area contributed by atoms with E-state index in [-0.39, 0.29) is 11.4 Å². The highest BCUT2D eigenvalue weighted by atomic mass is 32.1. The van der Waals surface area contributed by atoms with Gasteiger partial charge in [-0.15, -0.1) is 11.3 Å². The van der Waals surface area contributed by atoms with Crippen molar-refractivity contribution in [1.29, 1.82) is 0 Å². The minimum absolute atomic E-state index is 0.0221. The van der Waals surface area contributed by atoms with Crippen molar-refractivity contribution in [2.45, 2.75) is 46.0 Å². The van der Waals surface area contributed by atoms with Crippen molar-refractivity contribution in [1.82, 2.24) is 10.3 Å². The molecule has 0 aliphatic heterocycles. The van der Waals surface area contributed by atoms with Crippen LogP contribution in [0.25, 0.3) is 0 Å². The molecule has 0 aromatic carbocycles. The number of hydrogen-bond acceptors (Lipinski definition) is 3. The van der Waals surface area contributed by atoms with Gasteiger partial charge in [0, 0.05) is 24.4 Å². The second-order valence-corrected chi connectivity index (χ2v) is 6.25. The first-order valence-electron chi connectivity index (χ1n) is 6.33. The van der Waals surface area contributed by atoms with E-state index in [9.17, 15) is 4.79 Å². The fraction of sp³-hybridized carbons (Fsp3) is 0.692. The quantitative estimate of drug-likeness (QED) is 0.852. The molecule has 0 saturated heterocycles. The molecule has 0 atom stereocenters. The number of thiazole rings is 1. The summed E-state index contributed by atoms with van der Waals surface area (Å²) in [5.74, 6) is 0. The van der Waals surface area contributed by atoms with Gasteiger partial charge in [0.05, 0.1) is 5.69 Å². The zero-order valence-electron chi connectivity index (χ0n) is 11.9. The van der Waals surface area contributed by atoms with E-state index in [4.69, 9.17) is 0 Å². The summed E-state index contributed by atoms with van der Waals surface area (Å²) in [7, 11) is 1.76. The van der Waals surface area contributed by atoms with Crippen LogP contribution in [-0.4, -0.2) is 24.6 Å². The molecule has 0 spiro atoms. The molecule has 0 aliphatic rings. The molecule has 0 aliphatic carbocycles. The first kappa shape index (κ1) is 15.0. The highest BCUT2D eigenvalue weighted by Gasteiger charge is 2.20. The Morgan fingerprint density at radius 3 is 2.67 bits per heavy atom. The number of carbonyl (C=O) groups excluding carboxylic acids is 1. The molecule has 1 aromatic heterocycles. The number of hydrogen-bond donors (Lipinski definition) is 1. The molecule has 0 saturated carbocycles. The minimum Gasteiger partial charge on any atom is -0.338 e. The monoisotopic (exact) mass is 269 g/mol. The summed E-state index contributed by atoms with van der Waals surface area (Å²) in [4.78, 5) is 18.0. The predicted molar refractivity (Wildman–Crippen MR) is 77.5 cm³/mol. The molecule has 2 amide bonds. The Kier molecular flexibility index (Phi) is 5.14. The molecule has 4 nitrogen and oxygen atoms in total. The lowest BCUT2D eigenvalue weighted by Gasteiger charge is -2.16. The molecule has 0 unspecified atom stereocenters. The SMILES string of the molecule is CCCCNC(=O)N(C)c1nc(C(C)(C)C)cs1. The van der Waals surface area contributed by atoms with Crippen LogP contribution in [0.3, 0.4) is 0 Å². The lowest BCUT2D eigenvalue weighted by atomic mass is 9.93. The summed E-state index contributed by atoms with van der Waals surface area (Å²) < 4.78 is 0. The molecule has 102 valence electrons. The normalized spacial score (nSPS) is 11.4. The van der Waals surface area contributed by atoms with Gasteiger partial charge in [-0.05, 0) is 6.42 Å². The van der Waals surface area contributed by atoms with Crippen LogP contribution in [0.2, 0.25) is 0 Å². The maximum absolute atomic E-state index is 11.9. The second-order valence-electron chi connectivity index (χ2n) is 5.41. The summed E-state index contributed by atoms with van der Waals surface area (Å²) in [5.41, 5.74) is 1.05. The highest BCUT2D eigenvalue weighted by Crippen LogP contribution is 2.27. The van der Waals surface area contributed by atoms with Crippen LogP contribution in [0.5, 0.6) is 0 Å². The Labute approximate surface area is 113 Å². The third-order valence-corrected chi connectivity index (χ3v) is 3.58. The Morgan fingerprint density at radius 1 is 1.50 bits per heavy atom. The summed E-state index contributed by atoms with van der Waals surface area (Å²) in [5, 5.41) is 5.65. The van der Waals surface area contributed by atoms with Gasteiger partial charge in [0.15, 0.2) is 5.13 Å². The Bertz CT molecular complexity index is 395. The molecule has 0 fully saturated rings. The van der Waals surface area contributed by atoms with E-state index in [1.165, 1.54) is 11.3 Å². The van der Waals surface area contributed by atoms with Crippen molar-refractivity contribution in [3.63, 3.8) is 0 Å². The summed E-state index contributed by atoms with van der Waals surface area (Å²) in [6, 6.07) is -0.0849. The number of unbranched alkanes of at least 4 members (excludes halogenated alkanes) is 1. The molecule has 0 radical (unpaired) electrons. The van der Waals surface area contributed by atoms with Gasteiger partial charge >= 0.3 is 6.03 Å². The van der Waals surface area contributed by atoms with E-state index in [1.54, 1.807) is 11.9 Å². The van der Waals surface area contributed by atoms with Crippen LogP contribution in [-0.2, 0) is 5.41 Å². The van der Waals surface area contributed by atoms with Gasteiger partial charge in [0.25, 0.3) is 0 Å². The van der Waals surface area contributed by atoms with Crippen LogP contribution < -0.4 is 10.2 Å². The van der Waals surface area contributed by atoms with Crippen molar-refractivity contribution in [2.75, 3.05) is 18.5 Å². The summed E-state index contributed by atoms with van der Waals surface area (Å²) >= 11 is 1.51. The maximum Gasteiger partial charge on any atom is 0.323 e. The van der Waals surface area contributed by atoms with Gasteiger partial charge in [-0.1, -0.05) is 34.1 Å². The van der Waals surface area contributed by atoms with E-state index >= 15 is 0 Å². The Balaban J connectivity index is 2.64. The number of anilines is 1. The number of rotatable bonds is 4. The number of aromatic nitrogens is 1. The predicted octanol–water partition coefficient (Wildman–Crippen LogP) is 3.39. The Hall–Kier alpha value is -1.10. The van der Waals surface area contributed by atoms with E-state index in [0.717, 1.165) is 30.2 Å². The second kappa shape index (κ2) is 6.18. The van der Waals surface area contributed by atoms with Crippen molar-refractivity contribution in [3.8, 4) is 0 Å². The Morgan fingerprint density at radius 2 is 2.17 bits per heavy atom. The zero-order chi connectivity index (χ0) is 13.8. The molecule has 18 heavy (non-hydrogen) atoms. The van der Waals surface area contributed by atoms with Gasteiger partial charge < -0.3 is 5.32 Å². The highest BCUT2D eigenvalue weighted by molar-refractivity contribution is 7.14. The molecule has 5 heteroatoms. The standard InChI is InChI=1S/C13H23N3OS/c1-6-7-8-14-11(17)16(5)12-15-10(9-18-12)13(2,3)4/h9H,6-8H2,1-5H3,(H,14,17). The number of nitrogens with zero attached hydrogens (tertiary/aromatic N) is 2. The maximum atomic E-state index is 11.9. The largest absolute Gasteiger partial charge is 0.338 e. The molecule has 1 N–H and O–H groups in total. The fourth-order valence-electron chi connectivity index (χ4n) is 1.34. The van der Waals surface area contributed by atoms with Crippen LogP contribution in [0.15, 0.2) is 5.38 Å². The van der Waals surface area contributed by atoms with Crippen molar-refractivity contribution < 1.29 is 4.79 Å². The number of urea groups is 1. The van der Waals surface area contributed by atoms with Crippen LogP contribution >= 0.6 is 11.3 Å². The van der Waals surface area contributed by atoms with Crippen LogP contribution in [0, 0.1) is 0 Å². The molecule has 0 bridgehead atoms. The van der Waals surface area contributed by atoms with E-state index in [1.807, 2.05) is 5.38 Å². The van der Waals surface area contributed by atoms with E-state index in [2.05, 4.69) is 38.0 Å². The van der Waals surface area contributed by atoms with Crippen molar-refractivity contribution in [3.05, 3.63) is 11.1 Å². The van der Waals surface area contributed by atoms with Gasteiger partial charge in [-0.3, -0.25) is 4.90 Å². The lowest BCUT2D eigenvalue weighted by Crippen LogP contribution is -2.37. The third kappa shape index (κ3) is 3.98. The van der Waals surface area contributed by atoms with Crippen LogP contribution in [0.4, 0.5) is 9.93 Å². The molecular formula is C13H23N3OS. The number of nitrogens with one attached hydrogen (secondary N) is 1. The average molecular weight is 269 g/mol. The van der Waals surface area contributed by atoms with E-state index < -0.39 is 0 Å². The van der Waals surface area contributed by atoms with Crippen molar-refractivity contribution in [2.24, 2.45) is 0 Å². The number of carbonyl (C=O) groups is 1. The van der Waals surface area contributed by atoms with Gasteiger partial charge in [-0.25, -0.2) is 9.78 Å². The molecule has 1 heterocycles. The smallest absolute Gasteiger partial charge is 0.323 e. The fourth-order valence-corrected chi connectivity index (χ4v) is 2.36. The third-order valence-electron chi connectivity index (χ3n) is 2.66. The van der Waals surface area contributed by atoms with Crippen LogP contribution in [0.1, 0.15) is 46.2 Å². The summed E-state index contributed by atoms with van der Waals surface area (Å²) in [6.45, 7) is 9.18. The molecular weight excluding hydrogens is 246 g/mol. The van der Waals surface area contributed by atoms with Gasteiger partial charge in [0.1, 0.15) is 0 Å². The minimum atomic E-state index is -0.0849. The average Bonchev–Trinajstić information content (AvgIpc) is 2.77. The topological polar surface area (TPSA) is 45.2 Å². The first-order valence-corrected chi connectivity index (χ1v) is 7.21. The number of amides is 2. The lowest BCUT2D eigenvalue weighted by molar-refractivity contribution is 0.247.